The van der Waals surface area contributed by atoms with Gasteiger partial charge in [-0.15, -0.1) is 10.2 Å². The molecule has 0 fully saturated rings. The van der Waals surface area contributed by atoms with E-state index in [0.29, 0.717) is 40.9 Å². The van der Waals surface area contributed by atoms with E-state index in [4.69, 9.17) is 10.4 Å². The average molecular weight is 448 g/mol. The summed E-state index contributed by atoms with van der Waals surface area (Å²) in [6.45, 7) is 7.38. The summed E-state index contributed by atoms with van der Waals surface area (Å²) < 4.78 is 6.72. The van der Waals surface area contributed by atoms with Crippen molar-refractivity contribution in [3.8, 4) is 11.4 Å². The Kier molecular flexibility index (Phi) is 7.75. The molecule has 0 spiro atoms. The summed E-state index contributed by atoms with van der Waals surface area (Å²) in [6, 6.07) is 8.09. The van der Waals surface area contributed by atoms with Gasteiger partial charge in [0.05, 0.1) is 11.5 Å². The second-order valence-corrected chi connectivity index (χ2v) is 8.23. The molecule has 0 radical (unpaired) electrons. The largest absolute Gasteiger partial charge is 0.343 e. The third-order valence-electron chi connectivity index (χ3n) is 4.49. The maximum atomic E-state index is 12.1. The first kappa shape index (κ1) is 22.2. The lowest BCUT2D eigenvalue weighted by atomic mass is 10.1. The molecule has 3 rings (SSSR count). The zero-order valence-corrected chi connectivity index (χ0v) is 18.9. The van der Waals surface area contributed by atoms with Gasteiger partial charge in [-0.2, -0.15) is 4.98 Å². The topological polar surface area (TPSA) is 116 Å². The van der Waals surface area contributed by atoms with E-state index in [-0.39, 0.29) is 11.7 Å². The standard InChI is InChI=1S/C19H25N7O2S2/c1-4-13-7-9-14(10-8-13)17-21-15(28-24-17)11-29-18-22-23-19(26(18)20)30-12-16(27)25(5-2)6-3/h7-10H,4-6,11-12,20H2,1-3H3. The molecule has 0 saturated heterocycles. The summed E-state index contributed by atoms with van der Waals surface area (Å²) in [6.07, 6.45) is 0.984. The molecule has 0 aliphatic carbocycles. The van der Waals surface area contributed by atoms with Gasteiger partial charge in [0.1, 0.15) is 0 Å². The molecule has 2 aromatic heterocycles. The maximum Gasteiger partial charge on any atom is 0.237 e. The highest BCUT2D eigenvalue weighted by Gasteiger charge is 2.16. The van der Waals surface area contributed by atoms with Crippen LogP contribution in [0.4, 0.5) is 0 Å². The Bertz CT molecular complexity index is 968. The normalized spacial score (nSPS) is 11.0. The van der Waals surface area contributed by atoms with Crippen molar-refractivity contribution in [3.63, 3.8) is 0 Å². The van der Waals surface area contributed by atoms with E-state index >= 15 is 0 Å². The number of amides is 1. The first-order chi connectivity index (χ1) is 14.5. The second kappa shape index (κ2) is 10.5. The number of nitrogen functional groups attached to an aromatic ring is 1. The first-order valence-electron chi connectivity index (χ1n) is 9.71. The number of aromatic nitrogens is 5. The number of benzene rings is 1. The number of carbonyl (C=O) groups excluding carboxylic acids is 1. The Labute approximate surface area is 183 Å². The lowest BCUT2D eigenvalue weighted by molar-refractivity contribution is -0.127. The van der Waals surface area contributed by atoms with Crippen molar-refractivity contribution in [2.45, 2.75) is 43.3 Å². The van der Waals surface area contributed by atoms with Crippen LogP contribution in [0.1, 0.15) is 32.2 Å². The van der Waals surface area contributed by atoms with E-state index < -0.39 is 0 Å². The molecule has 0 atom stereocenters. The zero-order chi connectivity index (χ0) is 21.5. The molecule has 9 nitrogen and oxygen atoms in total. The lowest BCUT2D eigenvalue weighted by Gasteiger charge is -2.17. The van der Waals surface area contributed by atoms with Crippen molar-refractivity contribution < 1.29 is 9.32 Å². The fourth-order valence-electron chi connectivity index (χ4n) is 2.70. The molecule has 0 saturated carbocycles. The molecule has 2 heterocycles. The number of nitrogens with zero attached hydrogens (tertiary/aromatic N) is 6. The fourth-order valence-corrected chi connectivity index (χ4v) is 4.21. The van der Waals surface area contributed by atoms with E-state index in [1.807, 2.05) is 26.0 Å². The van der Waals surface area contributed by atoms with Gasteiger partial charge in [0.25, 0.3) is 0 Å². The van der Waals surface area contributed by atoms with Crippen molar-refractivity contribution in [1.82, 2.24) is 29.9 Å². The van der Waals surface area contributed by atoms with E-state index in [0.717, 1.165) is 12.0 Å². The van der Waals surface area contributed by atoms with Crippen molar-refractivity contribution in [2.24, 2.45) is 0 Å². The van der Waals surface area contributed by atoms with Crippen molar-refractivity contribution >= 4 is 29.4 Å². The number of nitrogens with two attached hydrogens (primary N) is 1. The van der Waals surface area contributed by atoms with Crippen LogP contribution in [0.2, 0.25) is 0 Å². The van der Waals surface area contributed by atoms with E-state index in [9.17, 15) is 4.79 Å². The zero-order valence-electron chi connectivity index (χ0n) is 17.2. The van der Waals surface area contributed by atoms with E-state index in [1.165, 1.54) is 33.8 Å². The maximum absolute atomic E-state index is 12.1. The Balaban J connectivity index is 1.56. The van der Waals surface area contributed by atoms with E-state index in [2.05, 4.69) is 39.4 Å². The molecular formula is C19H25N7O2S2. The molecule has 0 aliphatic heterocycles. The minimum atomic E-state index is 0.0487. The third kappa shape index (κ3) is 5.33. The summed E-state index contributed by atoms with van der Waals surface area (Å²) in [5, 5.41) is 13.2. The molecule has 2 N–H and O–H groups in total. The van der Waals surface area contributed by atoms with Gasteiger partial charge in [-0.1, -0.05) is 59.9 Å². The van der Waals surface area contributed by atoms with Crippen molar-refractivity contribution in [1.29, 1.82) is 0 Å². The number of carbonyl (C=O) groups is 1. The summed E-state index contributed by atoms with van der Waals surface area (Å²) in [5.74, 6) is 7.84. The van der Waals surface area contributed by atoms with Crippen LogP contribution in [0, 0.1) is 0 Å². The van der Waals surface area contributed by atoms with Crippen LogP contribution in [-0.4, -0.2) is 54.7 Å². The minimum absolute atomic E-state index is 0.0487. The molecule has 30 heavy (non-hydrogen) atoms. The predicted molar refractivity (Wildman–Crippen MR) is 117 cm³/mol. The van der Waals surface area contributed by atoms with Crippen LogP contribution in [0.15, 0.2) is 39.1 Å². The SMILES string of the molecule is CCc1ccc(-c2noc(CSc3nnc(SCC(=O)N(CC)CC)n3N)n2)cc1. The molecule has 0 bridgehead atoms. The lowest BCUT2D eigenvalue weighted by Crippen LogP contribution is -2.32. The van der Waals surface area contributed by atoms with Crippen molar-refractivity contribution in [2.75, 3.05) is 24.7 Å². The Hall–Kier alpha value is -2.53. The molecule has 11 heteroatoms. The summed E-state index contributed by atoms with van der Waals surface area (Å²) in [7, 11) is 0. The number of aryl methyl sites for hydroxylation is 1. The Morgan fingerprint density at radius 1 is 1.10 bits per heavy atom. The molecule has 1 aromatic carbocycles. The highest BCUT2D eigenvalue weighted by molar-refractivity contribution is 8.00. The van der Waals surface area contributed by atoms with Gasteiger partial charge in [-0.05, 0) is 25.8 Å². The number of rotatable bonds is 10. The van der Waals surface area contributed by atoms with Gasteiger partial charge < -0.3 is 15.3 Å². The number of hydrogen-bond donors (Lipinski definition) is 1. The fraction of sp³-hybridized carbons (Fsp3) is 0.421. The second-order valence-electron chi connectivity index (χ2n) is 6.34. The van der Waals surface area contributed by atoms with Crippen LogP contribution >= 0.6 is 23.5 Å². The van der Waals surface area contributed by atoms with Gasteiger partial charge in [0.2, 0.25) is 27.9 Å². The molecule has 0 unspecified atom stereocenters. The third-order valence-corrected chi connectivity index (χ3v) is 6.34. The van der Waals surface area contributed by atoms with Crippen LogP contribution in [0.3, 0.4) is 0 Å². The van der Waals surface area contributed by atoms with Gasteiger partial charge >= 0.3 is 0 Å². The summed E-state index contributed by atoms with van der Waals surface area (Å²) in [5.41, 5.74) is 2.17. The molecule has 1 amide bonds. The smallest absolute Gasteiger partial charge is 0.237 e. The van der Waals surface area contributed by atoms with E-state index in [1.54, 1.807) is 4.90 Å². The molecule has 0 aliphatic rings. The summed E-state index contributed by atoms with van der Waals surface area (Å²) in [4.78, 5) is 18.3. The molecular weight excluding hydrogens is 422 g/mol. The highest BCUT2D eigenvalue weighted by atomic mass is 32.2. The minimum Gasteiger partial charge on any atom is -0.343 e. The van der Waals surface area contributed by atoms with Crippen molar-refractivity contribution in [3.05, 3.63) is 35.7 Å². The number of hydrogen-bond acceptors (Lipinski definition) is 9. The number of thioether (sulfide) groups is 2. The predicted octanol–water partition coefficient (Wildman–Crippen LogP) is 2.86. The quantitative estimate of drug-likeness (QED) is 0.370. The highest BCUT2D eigenvalue weighted by Crippen LogP contribution is 2.25. The Morgan fingerprint density at radius 3 is 2.40 bits per heavy atom. The average Bonchev–Trinajstić information content (AvgIpc) is 3.38. The monoisotopic (exact) mass is 447 g/mol. The van der Waals surface area contributed by atoms with Gasteiger partial charge in [0.15, 0.2) is 0 Å². The van der Waals surface area contributed by atoms with Crippen LogP contribution in [0.25, 0.3) is 11.4 Å². The Morgan fingerprint density at radius 2 is 1.77 bits per heavy atom. The van der Waals surface area contributed by atoms with Gasteiger partial charge in [-0.3, -0.25) is 4.79 Å². The van der Waals surface area contributed by atoms with Crippen LogP contribution in [0.5, 0.6) is 0 Å². The van der Waals surface area contributed by atoms with Gasteiger partial charge in [0, 0.05) is 18.7 Å². The first-order valence-corrected chi connectivity index (χ1v) is 11.7. The van der Waals surface area contributed by atoms with Crippen LogP contribution < -0.4 is 5.84 Å². The summed E-state index contributed by atoms with van der Waals surface area (Å²) >= 11 is 2.61. The van der Waals surface area contributed by atoms with Crippen LogP contribution in [-0.2, 0) is 17.0 Å². The van der Waals surface area contributed by atoms with Gasteiger partial charge in [-0.25, -0.2) is 4.68 Å². The molecule has 160 valence electrons. The molecule has 3 aromatic rings.